The van der Waals surface area contributed by atoms with Crippen molar-refractivity contribution in [2.75, 3.05) is 13.1 Å². The first-order valence-corrected chi connectivity index (χ1v) is 9.32. The second kappa shape index (κ2) is 7.78. The van der Waals surface area contributed by atoms with Gasteiger partial charge >= 0.3 is 0 Å². The number of nitrogens with one attached hydrogen (secondary N) is 1. The SMILES string of the molecule is C[C@@H](NC(=O)c1ccc(-c2ccccc2F)s1)C(=O)N1CCCCC1. The molecule has 2 heterocycles. The third-order valence-corrected chi connectivity index (χ3v) is 5.47. The Balaban J connectivity index is 1.65. The molecule has 0 saturated carbocycles. The van der Waals surface area contributed by atoms with E-state index in [2.05, 4.69) is 5.32 Å². The molecule has 0 bridgehead atoms. The number of piperidine rings is 1. The van der Waals surface area contributed by atoms with Gasteiger partial charge in [-0.05, 0) is 44.4 Å². The van der Waals surface area contributed by atoms with E-state index in [-0.39, 0.29) is 17.6 Å². The van der Waals surface area contributed by atoms with Crippen LogP contribution >= 0.6 is 11.3 Å². The summed E-state index contributed by atoms with van der Waals surface area (Å²) in [7, 11) is 0. The molecule has 1 N–H and O–H groups in total. The molecule has 1 atom stereocenters. The third kappa shape index (κ3) is 4.07. The Labute approximate surface area is 150 Å². The molecular formula is C19H21FN2O2S. The first-order chi connectivity index (χ1) is 12.1. The van der Waals surface area contributed by atoms with Crippen LogP contribution in [0.1, 0.15) is 35.9 Å². The predicted octanol–water partition coefficient (Wildman–Crippen LogP) is 3.69. The van der Waals surface area contributed by atoms with E-state index in [4.69, 9.17) is 0 Å². The van der Waals surface area contributed by atoms with Crippen LogP contribution in [0.4, 0.5) is 4.39 Å². The fraction of sp³-hybridized carbons (Fsp3) is 0.368. The number of carbonyl (C=O) groups is 2. The minimum absolute atomic E-state index is 0.0427. The number of rotatable bonds is 4. The molecule has 132 valence electrons. The summed E-state index contributed by atoms with van der Waals surface area (Å²) in [6.07, 6.45) is 3.19. The minimum atomic E-state index is -0.565. The van der Waals surface area contributed by atoms with Gasteiger partial charge in [-0.15, -0.1) is 11.3 Å². The summed E-state index contributed by atoms with van der Waals surface area (Å²) >= 11 is 1.22. The second-order valence-electron chi connectivity index (χ2n) is 6.22. The normalized spacial score (nSPS) is 15.7. The van der Waals surface area contributed by atoms with Crippen molar-refractivity contribution in [3.8, 4) is 10.4 Å². The number of benzene rings is 1. The van der Waals surface area contributed by atoms with E-state index in [9.17, 15) is 14.0 Å². The molecule has 0 aliphatic carbocycles. The molecule has 1 aromatic carbocycles. The molecule has 1 fully saturated rings. The zero-order valence-corrected chi connectivity index (χ0v) is 14.9. The first-order valence-electron chi connectivity index (χ1n) is 8.50. The Bertz CT molecular complexity index is 768. The summed E-state index contributed by atoms with van der Waals surface area (Å²) in [5.74, 6) is -0.658. The molecule has 3 rings (SSSR count). The Morgan fingerprint density at radius 3 is 2.56 bits per heavy atom. The molecular weight excluding hydrogens is 339 g/mol. The molecule has 6 heteroatoms. The van der Waals surface area contributed by atoms with E-state index >= 15 is 0 Å². The van der Waals surface area contributed by atoms with Crippen LogP contribution in [0.2, 0.25) is 0 Å². The summed E-state index contributed by atoms with van der Waals surface area (Å²) in [5, 5.41) is 2.76. The van der Waals surface area contributed by atoms with Gasteiger partial charge in [0, 0.05) is 23.5 Å². The van der Waals surface area contributed by atoms with Crippen LogP contribution in [0, 0.1) is 5.82 Å². The van der Waals surface area contributed by atoms with Gasteiger partial charge in [0.15, 0.2) is 0 Å². The molecule has 25 heavy (non-hydrogen) atoms. The Hall–Kier alpha value is -2.21. The average molecular weight is 360 g/mol. The predicted molar refractivity (Wildman–Crippen MR) is 97.1 cm³/mol. The van der Waals surface area contributed by atoms with Crippen molar-refractivity contribution in [2.45, 2.75) is 32.2 Å². The lowest BCUT2D eigenvalue weighted by molar-refractivity contribution is -0.133. The number of nitrogens with zero attached hydrogens (tertiary/aromatic N) is 1. The number of hydrogen-bond donors (Lipinski definition) is 1. The van der Waals surface area contributed by atoms with E-state index in [1.54, 1.807) is 37.3 Å². The van der Waals surface area contributed by atoms with Crippen molar-refractivity contribution in [1.29, 1.82) is 0 Å². The van der Waals surface area contributed by atoms with Crippen molar-refractivity contribution in [2.24, 2.45) is 0 Å². The van der Waals surface area contributed by atoms with Crippen LogP contribution in [0.25, 0.3) is 10.4 Å². The molecule has 1 saturated heterocycles. The number of hydrogen-bond acceptors (Lipinski definition) is 3. The van der Waals surface area contributed by atoms with E-state index in [0.717, 1.165) is 32.4 Å². The van der Waals surface area contributed by atoms with Crippen LogP contribution in [-0.2, 0) is 4.79 Å². The van der Waals surface area contributed by atoms with Crippen molar-refractivity contribution in [3.05, 3.63) is 47.1 Å². The lowest BCUT2D eigenvalue weighted by atomic mass is 10.1. The van der Waals surface area contributed by atoms with Crippen molar-refractivity contribution < 1.29 is 14.0 Å². The Morgan fingerprint density at radius 2 is 1.84 bits per heavy atom. The van der Waals surface area contributed by atoms with Gasteiger partial charge in [0.25, 0.3) is 5.91 Å². The summed E-state index contributed by atoms with van der Waals surface area (Å²) in [6, 6.07) is 9.31. The fourth-order valence-corrected chi connectivity index (χ4v) is 3.92. The molecule has 0 unspecified atom stereocenters. The number of thiophene rings is 1. The lowest BCUT2D eigenvalue weighted by Gasteiger charge is -2.29. The minimum Gasteiger partial charge on any atom is -0.341 e. The standard InChI is InChI=1S/C19H21FN2O2S/c1-13(19(24)22-11-5-2-6-12-22)21-18(23)17-10-9-16(25-17)14-7-3-4-8-15(14)20/h3-4,7-10,13H,2,5-6,11-12H2,1H3,(H,21,23)/t13-/m1/s1. The summed E-state index contributed by atoms with van der Waals surface area (Å²) in [6.45, 7) is 3.23. The lowest BCUT2D eigenvalue weighted by Crippen LogP contribution is -2.48. The van der Waals surface area contributed by atoms with E-state index in [1.807, 2.05) is 4.90 Å². The maximum absolute atomic E-state index is 13.9. The smallest absolute Gasteiger partial charge is 0.262 e. The van der Waals surface area contributed by atoms with Crippen molar-refractivity contribution in [1.82, 2.24) is 10.2 Å². The zero-order chi connectivity index (χ0) is 17.8. The monoisotopic (exact) mass is 360 g/mol. The largest absolute Gasteiger partial charge is 0.341 e. The average Bonchev–Trinajstić information content (AvgIpc) is 3.12. The van der Waals surface area contributed by atoms with Crippen LogP contribution in [0.3, 0.4) is 0 Å². The third-order valence-electron chi connectivity index (χ3n) is 4.35. The van der Waals surface area contributed by atoms with Crippen LogP contribution in [0.5, 0.6) is 0 Å². The van der Waals surface area contributed by atoms with Crippen molar-refractivity contribution >= 4 is 23.2 Å². The number of likely N-dealkylation sites (tertiary alicyclic amines) is 1. The molecule has 4 nitrogen and oxygen atoms in total. The van der Waals surface area contributed by atoms with Gasteiger partial charge in [-0.3, -0.25) is 9.59 Å². The van der Waals surface area contributed by atoms with E-state index in [0.29, 0.717) is 15.3 Å². The molecule has 0 spiro atoms. The summed E-state index contributed by atoms with van der Waals surface area (Å²) in [4.78, 5) is 27.8. The number of carbonyl (C=O) groups excluding carboxylic acids is 2. The second-order valence-corrected chi connectivity index (χ2v) is 7.31. The Morgan fingerprint density at radius 1 is 1.12 bits per heavy atom. The highest BCUT2D eigenvalue weighted by Crippen LogP contribution is 2.30. The quantitative estimate of drug-likeness (QED) is 0.904. The Kier molecular flexibility index (Phi) is 5.48. The fourth-order valence-electron chi connectivity index (χ4n) is 2.98. The molecule has 2 aromatic rings. The molecule has 2 amide bonds. The van der Waals surface area contributed by atoms with E-state index in [1.165, 1.54) is 17.4 Å². The number of amides is 2. The molecule has 0 radical (unpaired) electrons. The maximum Gasteiger partial charge on any atom is 0.262 e. The first kappa shape index (κ1) is 17.6. The highest BCUT2D eigenvalue weighted by atomic mass is 32.1. The summed E-state index contributed by atoms with van der Waals surface area (Å²) in [5.41, 5.74) is 0.476. The van der Waals surface area contributed by atoms with Gasteiger partial charge in [-0.2, -0.15) is 0 Å². The van der Waals surface area contributed by atoms with Crippen LogP contribution < -0.4 is 5.32 Å². The topological polar surface area (TPSA) is 49.4 Å². The van der Waals surface area contributed by atoms with Gasteiger partial charge in [0.1, 0.15) is 11.9 Å². The van der Waals surface area contributed by atoms with Gasteiger partial charge in [-0.25, -0.2) is 4.39 Å². The summed E-state index contributed by atoms with van der Waals surface area (Å²) < 4.78 is 13.9. The maximum atomic E-state index is 13.9. The van der Waals surface area contributed by atoms with Crippen LogP contribution in [-0.4, -0.2) is 35.8 Å². The molecule has 1 aliphatic rings. The molecule has 1 aliphatic heterocycles. The number of halogens is 1. The highest BCUT2D eigenvalue weighted by molar-refractivity contribution is 7.17. The van der Waals surface area contributed by atoms with Gasteiger partial charge in [-0.1, -0.05) is 18.2 Å². The van der Waals surface area contributed by atoms with Crippen LogP contribution in [0.15, 0.2) is 36.4 Å². The van der Waals surface area contributed by atoms with Crippen molar-refractivity contribution in [3.63, 3.8) is 0 Å². The van der Waals surface area contributed by atoms with Gasteiger partial charge in [0.2, 0.25) is 5.91 Å². The van der Waals surface area contributed by atoms with Gasteiger partial charge in [0.05, 0.1) is 4.88 Å². The molecule has 1 aromatic heterocycles. The highest BCUT2D eigenvalue weighted by Gasteiger charge is 2.24. The van der Waals surface area contributed by atoms with Gasteiger partial charge < -0.3 is 10.2 Å². The van der Waals surface area contributed by atoms with E-state index < -0.39 is 6.04 Å². The zero-order valence-electron chi connectivity index (χ0n) is 14.1.